The van der Waals surface area contributed by atoms with Gasteiger partial charge in [-0.2, -0.15) is 0 Å². The number of hydrogen-bond donors (Lipinski definition) is 0. The van der Waals surface area contributed by atoms with E-state index in [9.17, 15) is 0 Å². The molecule has 0 nitrogen and oxygen atoms in total. The quantitative estimate of drug-likeness (QED) is 0.409. The van der Waals surface area contributed by atoms with Gasteiger partial charge in [-0.15, -0.1) is 0 Å². The van der Waals surface area contributed by atoms with E-state index in [1.54, 1.807) is 0 Å². The molecule has 0 saturated carbocycles. The Morgan fingerprint density at radius 2 is 1.64 bits per heavy atom. The van der Waals surface area contributed by atoms with Gasteiger partial charge in [0.15, 0.2) is 0 Å². The molecule has 0 spiro atoms. The van der Waals surface area contributed by atoms with Crippen molar-refractivity contribution in [2.45, 2.75) is 57.8 Å². The number of allylic oxidation sites excluding steroid dienone is 2. The summed E-state index contributed by atoms with van der Waals surface area (Å²) in [5, 5.41) is 0. The van der Waals surface area contributed by atoms with Crippen molar-refractivity contribution in [1.29, 1.82) is 0 Å². The van der Waals surface area contributed by atoms with Crippen LogP contribution in [0.3, 0.4) is 0 Å². The van der Waals surface area contributed by atoms with Crippen molar-refractivity contribution in [2.24, 2.45) is 0 Å². The second-order valence-corrected chi connectivity index (χ2v) is 10.2. The Bertz CT molecular complexity index is 181. The molecule has 0 N–H and O–H groups in total. The summed E-state index contributed by atoms with van der Waals surface area (Å²) in [4.78, 5) is 0. The Hall–Kier alpha value is -0.303. The molecule has 0 aliphatic heterocycles. The fourth-order valence-corrected chi connectivity index (χ4v) is 6.77. The molecule has 0 aliphatic carbocycles. The van der Waals surface area contributed by atoms with Crippen LogP contribution in [-0.2, 0) is 0 Å². The third kappa shape index (κ3) is 3.12. The van der Waals surface area contributed by atoms with Crippen molar-refractivity contribution in [3.05, 3.63) is 24.8 Å². The lowest BCUT2D eigenvalue weighted by molar-refractivity contribution is 0.844. The Labute approximate surface area is 91.1 Å². The highest BCUT2D eigenvalue weighted by Gasteiger charge is 2.32. The van der Waals surface area contributed by atoms with Gasteiger partial charge in [0.1, 0.15) is 0 Å². The molecule has 0 aromatic carbocycles. The Morgan fingerprint density at radius 1 is 1.21 bits per heavy atom. The molecule has 0 aromatic heterocycles. The fraction of sp³-hybridized carbons (Fsp3) is 0.692. The van der Waals surface area contributed by atoms with E-state index in [2.05, 4.69) is 40.9 Å². The van der Waals surface area contributed by atoms with Gasteiger partial charge in [0, 0.05) is 0 Å². The van der Waals surface area contributed by atoms with Crippen molar-refractivity contribution >= 4 is 8.07 Å². The lowest BCUT2D eigenvalue weighted by Gasteiger charge is -2.35. The zero-order chi connectivity index (χ0) is 11.2. The summed E-state index contributed by atoms with van der Waals surface area (Å²) in [6.07, 6.45) is 3.07. The van der Waals surface area contributed by atoms with Gasteiger partial charge in [-0.25, -0.2) is 0 Å². The smallest absolute Gasteiger partial charge is 0.0559 e. The van der Waals surface area contributed by atoms with Crippen LogP contribution in [0.4, 0.5) is 0 Å². The maximum absolute atomic E-state index is 4.03. The first-order valence-electron chi connectivity index (χ1n) is 5.86. The maximum atomic E-state index is 4.03. The highest BCUT2D eigenvalue weighted by atomic mass is 28.3. The first-order chi connectivity index (χ1) is 6.56. The summed E-state index contributed by atoms with van der Waals surface area (Å²) < 4.78 is 0. The van der Waals surface area contributed by atoms with Crippen LogP contribution >= 0.6 is 0 Å². The molecule has 0 rings (SSSR count). The Kier molecular flexibility index (Phi) is 6.10. The minimum atomic E-state index is -1.01. The molecule has 1 unspecified atom stereocenters. The van der Waals surface area contributed by atoms with E-state index >= 15 is 0 Å². The van der Waals surface area contributed by atoms with Crippen LogP contribution in [-0.4, -0.2) is 8.07 Å². The van der Waals surface area contributed by atoms with Gasteiger partial charge in [-0.05, 0) is 12.0 Å². The van der Waals surface area contributed by atoms with E-state index in [0.29, 0.717) is 0 Å². The summed E-state index contributed by atoms with van der Waals surface area (Å²) in [7, 11) is -1.01. The molecule has 82 valence electrons. The molecule has 0 radical (unpaired) electrons. The van der Waals surface area contributed by atoms with Crippen LogP contribution in [0.1, 0.15) is 34.1 Å². The topological polar surface area (TPSA) is 0 Å². The molecule has 0 bridgehead atoms. The largest absolute Gasteiger partial charge is 0.0988 e. The summed E-state index contributed by atoms with van der Waals surface area (Å²) in [5.74, 6) is 0. The minimum absolute atomic E-state index is 0.855. The lowest BCUT2D eigenvalue weighted by Crippen LogP contribution is -2.36. The third-order valence-electron chi connectivity index (χ3n) is 4.01. The molecule has 14 heavy (non-hydrogen) atoms. The molecule has 0 aliphatic rings. The molecular formula is C13H26Si. The monoisotopic (exact) mass is 210 g/mol. The standard InChI is InChI=1S/C13H26Si/c1-7-12(5)11-13(6)14(8-2,9-3)10-4/h7,13H,1,5,8-11H2,2-4,6H3. The summed E-state index contributed by atoms with van der Waals surface area (Å²) in [6.45, 7) is 17.3. The number of hydrogen-bond acceptors (Lipinski definition) is 0. The average Bonchev–Trinajstić information content (AvgIpc) is 2.21. The van der Waals surface area contributed by atoms with Gasteiger partial charge in [0.05, 0.1) is 8.07 Å². The van der Waals surface area contributed by atoms with Crippen molar-refractivity contribution in [3.63, 3.8) is 0 Å². The maximum Gasteiger partial charge on any atom is 0.0559 e. The van der Waals surface area contributed by atoms with E-state index in [-0.39, 0.29) is 0 Å². The summed E-state index contributed by atoms with van der Waals surface area (Å²) in [6, 6.07) is 4.22. The summed E-state index contributed by atoms with van der Waals surface area (Å²) >= 11 is 0. The van der Waals surface area contributed by atoms with Crippen molar-refractivity contribution < 1.29 is 0 Å². The zero-order valence-corrected chi connectivity index (χ0v) is 11.4. The van der Waals surface area contributed by atoms with Crippen LogP contribution in [0.15, 0.2) is 24.8 Å². The van der Waals surface area contributed by atoms with E-state index in [4.69, 9.17) is 0 Å². The second-order valence-electron chi connectivity index (χ2n) is 4.39. The molecule has 0 fully saturated rings. The second kappa shape index (κ2) is 6.23. The normalized spacial score (nSPS) is 13.7. The van der Waals surface area contributed by atoms with Crippen LogP contribution in [0.2, 0.25) is 23.7 Å². The van der Waals surface area contributed by atoms with E-state index < -0.39 is 8.07 Å². The van der Waals surface area contributed by atoms with Gasteiger partial charge in [-0.1, -0.05) is 70.6 Å². The average molecular weight is 210 g/mol. The minimum Gasteiger partial charge on any atom is -0.0988 e. The molecular weight excluding hydrogens is 184 g/mol. The molecule has 0 saturated heterocycles. The van der Waals surface area contributed by atoms with Crippen LogP contribution < -0.4 is 0 Å². The van der Waals surface area contributed by atoms with Gasteiger partial charge >= 0.3 is 0 Å². The van der Waals surface area contributed by atoms with Gasteiger partial charge in [0.2, 0.25) is 0 Å². The first kappa shape index (κ1) is 13.7. The Morgan fingerprint density at radius 3 is 1.93 bits per heavy atom. The molecule has 0 aromatic rings. The Balaban J connectivity index is 4.50. The SMILES string of the molecule is C=CC(=C)CC(C)[Si](CC)(CC)CC. The van der Waals surface area contributed by atoms with Gasteiger partial charge in [0.25, 0.3) is 0 Å². The predicted molar refractivity (Wildman–Crippen MR) is 70.6 cm³/mol. The van der Waals surface area contributed by atoms with E-state index in [1.165, 1.54) is 23.7 Å². The first-order valence-corrected chi connectivity index (χ1v) is 8.56. The van der Waals surface area contributed by atoms with Crippen LogP contribution in [0.5, 0.6) is 0 Å². The van der Waals surface area contributed by atoms with Gasteiger partial charge in [-0.3, -0.25) is 0 Å². The van der Waals surface area contributed by atoms with Crippen molar-refractivity contribution in [3.8, 4) is 0 Å². The third-order valence-corrected chi connectivity index (χ3v) is 10.5. The van der Waals surface area contributed by atoms with Gasteiger partial charge < -0.3 is 0 Å². The van der Waals surface area contributed by atoms with Crippen LogP contribution in [0, 0.1) is 0 Å². The van der Waals surface area contributed by atoms with E-state index in [1.807, 2.05) is 6.08 Å². The van der Waals surface area contributed by atoms with Crippen molar-refractivity contribution in [2.75, 3.05) is 0 Å². The van der Waals surface area contributed by atoms with Crippen LogP contribution in [0.25, 0.3) is 0 Å². The zero-order valence-electron chi connectivity index (χ0n) is 10.4. The highest BCUT2D eigenvalue weighted by Crippen LogP contribution is 2.36. The molecule has 1 atom stereocenters. The summed E-state index contributed by atoms with van der Waals surface area (Å²) in [5.41, 5.74) is 2.07. The lowest BCUT2D eigenvalue weighted by atomic mass is 10.2. The predicted octanol–water partition coefficient (Wildman–Crippen LogP) is 5.02. The van der Waals surface area contributed by atoms with Crippen molar-refractivity contribution in [1.82, 2.24) is 0 Å². The molecule has 1 heteroatoms. The number of rotatable bonds is 7. The van der Waals surface area contributed by atoms with E-state index in [0.717, 1.165) is 12.0 Å². The fourth-order valence-electron chi connectivity index (χ4n) is 2.49. The molecule has 0 heterocycles. The highest BCUT2D eigenvalue weighted by molar-refractivity contribution is 6.81. The molecule has 0 amide bonds.